The second-order valence-corrected chi connectivity index (χ2v) is 6.98. The van der Waals surface area contributed by atoms with Crippen LogP contribution in [-0.4, -0.2) is 44.3 Å². The molecule has 1 N–H and O–H groups in total. The summed E-state index contributed by atoms with van der Waals surface area (Å²) in [5, 5.41) is 8.57. The Hall–Kier alpha value is -2.96. The van der Waals surface area contributed by atoms with E-state index >= 15 is 0 Å². The first-order chi connectivity index (χ1) is 12.8. The summed E-state index contributed by atoms with van der Waals surface area (Å²) >= 11 is 0. The fourth-order valence-corrected chi connectivity index (χ4v) is 4.23. The second kappa shape index (κ2) is 6.09. The number of fused-ring (bicyclic) bond motifs is 2. The number of hydrogen-bond donors (Lipinski definition) is 1. The number of anilines is 1. The van der Waals surface area contributed by atoms with Gasteiger partial charge in [-0.15, -0.1) is 0 Å². The van der Waals surface area contributed by atoms with E-state index in [4.69, 9.17) is 0 Å². The van der Waals surface area contributed by atoms with Crippen LogP contribution in [0.15, 0.2) is 42.9 Å². The van der Waals surface area contributed by atoms with Crippen molar-refractivity contribution in [3.05, 3.63) is 42.9 Å². The molecule has 7 nitrogen and oxygen atoms in total. The number of amides is 1. The molecule has 0 radical (unpaired) electrons. The zero-order valence-electron chi connectivity index (χ0n) is 14.4. The smallest absolute Gasteiger partial charge is 0.239 e. The number of carbonyl (C=O) groups excluding carboxylic acids is 1. The van der Waals surface area contributed by atoms with Crippen molar-refractivity contribution in [1.29, 1.82) is 0 Å². The highest BCUT2D eigenvalue weighted by Crippen LogP contribution is 2.32. The molecule has 1 amide bonds. The Morgan fingerprint density at radius 1 is 1.08 bits per heavy atom. The van der Waals surface area contributed by atoms with Crippen LogP contribution in [0.1, 0.15) is 25.7 Å². The van der Waals surface area contributed by atoms with Crippen LogP contribution in [-0.2, 0) is 4.79 Å². The molecule has 2 aliphatic rings. The number of para-hydroxylation sites is 1. The van der Waals surface area contributed by atoms with Crippen molar-refractivity contribution < 1.29 is 4.79 Å². The van der Waals surface area contributed by atoms with E-state index in [-0.39, 0.29) is 11.9 Å². The van der Waals surface area contributed by atoms with E-state index in [1.165, 1.54) is 12.8 Å². The van der Waals surface area contributed by atoms with Crippen LogP contribution in [0.3, 0.4) is 0 Å². The van der Waals surface area contributed by atoms with E-state index in [1.54, 1.807) is 6.33 Å². The maximum absolute atomic E-state index is 12.2. The molecule has 0 unspecified atom stereocenters. The quantitative estimate of drug-likeness (QED) is 0.767. The number of aromatic nitrogens is 4. The fraction of sp³-hybridized carbons (Fsp3) is 0.368. The average molecular weight is 348 g/mol. The van der Waals surface area contributed by atoms with Gasteiger partial charge in [-0.05, 0) is 25.0 Å². The molecule has 3 aromatic rings. The number of piperazine rings is 1. The maximum Gasteiger partial charge on any atom is 0.239 e. The molecule has 5 rings (SSSR count). The van der Waals surface area contributed by atoms with E-state index in [2.05, 4.69) is 25.3 Å². The lowest BCUT2D eigenvalue weighted by Crippen LogP contribution is -2.62. The first kappa shape index (κ1) is 15.3. The van der Waals surface area contributed by atoms with Crippen molar-refractivity contribution in [2.24, 2.45) is 0 Å². The van der Waals surface area contributed by atoms with E-state index < -0.39 is 0 Å². The topological polar surface area (TPSA) is 75.9 Å². The molecule has 2 atom stereocenters. The van der Waals surface area contributed by atoms with Crippen molar-refractivity contribution in [2.45, 2.75) is 37.8 Å². The van der Waals surface area contributed by atoms with Gasteiger partial charge in [-0.25, -0.2) is 14.6 Å². The first-order valence-corrected chi connectivity index (χ1v) is 9.11. The molecule has 1 saturated heterocycles. The summed E-state index contributed by atoms with van der Waals surface area (Å²) in [4.78, 5) is 23.4. The molecule has 0 bridgehead atoms. The van der Waals surface area contributed by atoms with Gasteiger partial charge in [0.1, 0.15) is 12.1 Å². The molecule has 1 aliphatic heterocycles. The molecule has 2 fully saturated rings. The maximum atomic E-state index is 12.2. The van der Waals surface area contributed by atoms with Gasteiger partial charge in [0, 0.05) is 6.04 Å². The van der Waals surface area contributed by atoms with Crippen molar-refractivity contribution in [3.8, 4) is 5.69 Å². The van der Waals surface area contributed by atoms with Crippen LogP contribution in [0.25, 0.3) is 16.7 Å². The Labute approximate surface area is 151 Å². The van der Waals surface area contributed by atoms with Crippen molar-refractivity contribution >= 4 is 22.8 Å². The number of rotatable bonds is 2. The van der Waals surface area contributed by atoms with Gasteiger partial charge in [0.15, 0.2) is 5.65 Å². The van der Waals surface area contributed by atoms with Crippen LogP contribution < -0.4 is 10.2 Å². The summed E-state index contributed by atoms with van der Waals surface area (Å²) in [6.45, 7) is 0.337. The van der Waals surface area contributed by atoms with Gasteiger partial charge in [-0.3, -0.25) is 4.79 Å². The third kappa shape index (κ3) is 2.42. The molecule has 132 valence electrons. The average Bonchev–Trinajstić information content (AvgIpc) is 3.12. The van der Waals surface area contributed by atoms with Gasteiger partial charge in [-0.1, -0.05) is 31.0 Å². The van der Waals surface area contributed by atoms with Crippen LogP contribution in [0.5, 0.6) is 0 Å². The highest BCUT2D eigenvalue weighted by Gasteiger charge is 2.37. The van der Waals surface area contributed by atoms with Crippen LogP contribution in [0, 0.1) is 0 Å². The fourth-order valence-electron chi connectivity index (χ4n) is 4.23. The third-order valence-electron chi connectivity index (χ3n) is 5.41. The second-order valence-electron chi connectivity index (χ2n) is 6.98. The summed E-state index contributed by atoms with van der Waals surface area (Å²) in [6, 6.07) is 10.4. The zero-order valence-corrected chi connectivity index (χ0v) is 14.4. The van der Waals surface area contributed by atoms with Gasteiger partial charge in [0.25, 0.3) is 0 Å². The van der Waals surface area contributed by atoms with Gasteiger partial charge in [0.05, 0.1) is 29.9 Å². The minimum atomic E-state index is 0.0652. The molecule has 0 spiro atoms. The SMILES string of the molecule is O=C1CN(c2ncnc3c2cnn3-c2ccccc2)[C@H]2CCCC[C@H]2N1. The Balaban J connectivity index is 1.61. The van der Waals surface area contributed by atoms with Crippen LogP contribution in [0.4, 0.5) is 5.82 Å². The molecular formula is C19H20N6O. The monoisotopic (exact) mass is 348 g/mol. The van der Waals surface area contributed by atoms with E-state index in [0.717, 1.165) is 35.4 Å². The van der Waals surface area contributed by atoms with Crippen LogP contribution in [0.2, 0.25) is 0 Å². The van der Waals surface area contributed by atoms with E-state index in [9.17, 15) is 4.79 Å². The van der Waals surface area contributed by atoms with Crippen molar-refractivity contribution in [3.63, 3.8) is 0 Å². The summed E-state index contributed by atoms with van der Waals surface area (Å²) in [5.41, 5.74) is 1.72. The molecule has 1 saturated carbocycles. The summed E-state index contributed by atoms with van der Waals surface area (Å²) < 4.78 is 1.82. The molecule has 1 aliphatic carbocycles. The number of nitrogens with zero attached hydrogens (tertiary/aromatic N) is 5. The molecule has 1 aromatic carbocycles. The number of benzene rings is 1. The predicted octanol–water partition coefficient (Wildman–Crippen LogP) is 2.06. The number of hydrogen-bond acceptors (Lipinski definition) is 5. The largest absolute Gasteiger partial charge is 0.350 e. The van der Waals surface area contributed by atoms with Crippen molar-refractivity contribution in [2.75, 3.05) is 11.4 Å². The first-order valence-electron chi connectivity index (χ1n) is 9.11. The Kier molecular flexibility index (Phi) is 3.58. The van der Waals surface area contributed by atoms with Gasteiger partial charge in [0.2, 0.25) is 5.91 Å². The minimum Gasteiger partial charge on any atom is -0.350 e. The molecule has 7 heteroatoms. The van der Waals surface area contributed by atoms with Gasteiger partial charge >= 0.3 is 0 Å². The summed E-state index contributed by atoms with van der Waals surface area (Å²) in [7, 11) is 0. The minimum absolute atomic E-state index is 0.0652. The Bertz CT molecular complexity index is 953. The Morgan fingerprint density at radius 3 is 2.81 bits per heavy atom. The normalized spacial score (nSPS) is 22.9. The lowest BCUT2D eigenvalue weighted by Gasteiger charge is -2.44. The van der Waals surface area contributed by atoms with Gasteiger partial charge in [-0.2, -0.15) is 5.10 Å². The number of nitrogens with one attached hydrogen (secondary N) is 1. The van der Waals surface area contributed by atoms with E-state index in [0.29, 0.717) is 12.6 Å². The predicted molar refractivity (Wildman–Crippen MR) is 98.2 cm³/mol. The number of carbonyl (C=O) groups is 1. The molecule has 2 aromatic heterocycles. The zero-order chi connectivity index (χ0) is 17.5. The lowest BCUT2D eigenvalue weighted by molar-refractivity contribution is -0.122. The van der Waals surface area contributed by atoms with Gasteiger partial charge < -0.3 is 10.2 Å². The standard InChI is InChI=1S/C19H20N6O/c26-17-11-24(16-9-5-4-8-15(16)23-17)18-14-10-22-25(19(14)21-12-20-18)13-6-2-1-3-7-13/h1-3,6-7,10,12,15-16H,4-5,8-9,11H2,(H,23,26)/t15-,16+/m1/s1. The van der Waals surface area contributed by atoms with Crippen molar-refractivity contribution in [1.82, 2.24) is 25.1 Å². The molecule has 3 heterocycles. The highest BCUT2D eigenvalue weighted by molar-refractivity contribution is 5.91. The third-order valence-corrected chi connectivity index (χ3v) is 5.41. The molecule has 26 heavy (non-hydrogen) atoms. The Morgan fingerprint density at radius 2 is 1.92 bits per heavy atom. The van der Waals surface area contributed by atoms with E-state index in [1.807, 2.05) is 41.2 Å². The summed E-state index contributed by atoms with van der Waals surface area (Å²) in [6.07, 6.45) is 7.84. The highest BCUT2D eigenvalue weighted by atomic mass is 16.2. The summed E-state index contributed by atoms with van der Waals surface area (Å²) in [5.74, 6) is 0.874. The molecular weight excluding hydrogens is 328 g/mol. The van der Waals surface area contributed by atoms with Crippen LogP contribution >= 0.6 is 0 Å². The lowest BCUT2D eigenvalue weighted by atomic mass is 9.87.